The van der Waals surface area contributed by atoms with E-state index in [4.69, 9.17) is 123 Å². The molecule has 4 N–H and O–H groups in total. The van der Waals surface area contributed by atoms with Crippen molar-refractivity contribution in [2.45, 2.75) is 319 Å². The van der Waals surface area contributed by atoms with Crippen LogP contribution >= 0.6 is 0 Å². The lowest BCUT2D eigenvalue weighted by Gasteiger charge is -2.52. The van der Waals surface area contributed by atoms with Crippen molar-refractivity contribution < 1.29 is 143 Å². The van der Waals surface area contributed by atoms with E-state index < -0.39 is 227 Å². The maximum Gasteiger partial charge on any atom is 0.217 e. The van der Waals surface area contributed by atoms with Crippen LogP contribution in [0.4, 0.5) is 0 Å². The summed E-state index contributed by atoms with van der Waals surface area (Å²) in [6.45, 7) is -0.471. The van der Waals surface area contributed by atoms with E-state index in [0.29, 0.717) is 36.8 Å². The number of aliphatic hydroxyl groups is 3. The molecule has 718 valence electrons. The van der Waals surface area contributed by atoms with Crippen molar-refractivity contribution in [3.05, 3.63) is 262 Å². The molecule has 7 aromatic rings. The molecule has 0 radical (unpaired) electrons. The monoisotopic (exact) mass is 1850 g/mol. The second kappa shape index (κ2) is 43.7. The molecular weight excluding hydrogens is 1740 g/mol. The summed E-state index contributed by atoms with van der Waals surface area (Å²) >= 11 is 0. The Morgan fingerprint density at radius 3 is 1.38 bits per heavy atom. The van der Waals surface area contributed by atoms with Crippen LogP contribution < -0.4 is 5.32 Å². The minimum atomic E-state index is -1.75. The smallest absolute Gasteiger partial charge is 0.217 e. The van der Waals surface area contributed by atoms with Crippen LogP contribution in [0.25, 0.3) is 10.4 Å². The fourth-order valence-corrected chi connectivity index (χ4v) is 20.9. The van der Waals surface area contributed by atoms with E-state index in [1.165, 1.54) is 6.92 Å². The molecule has 1 amide bonds. The fraction of sp³-hybridized carbons (Fsp3) is 0.570. The van der Waals surface area contributed by atoms with E-state index in [2.05, 4.69) is 15.3 Å². The Kier molecular flexibility index (Phi) is 30.6. The van der Waals surface area contributed by atoms with Gasteiger partial charge >= 0.3 is 0 Å². The summed E-state index contributed by atoms with van der Waals surface area (Å²) in [7, 11) is 0. The van der Waals surface area contributed by atoms with Gasteiger partial charge in [-0.3, -0.25) is 4.79 Å². The first-order chi connectivity index (χ1) is 65.9. The second-order valence-corrected chi connectivity index (χ2v) is 36.4. The van der Waals surface area contributed by atoms with Gasteiger partial charge in [-0.1, -0.05) is 230 Å². The molecule has 34 nitrogen and oxygen atoms in total. The molecule has 134 heavy (non-hydrogen) atoms. The van der Waals surface area contributed by atoms with Gasteiger partial charge in [0.05, 0.1) is 66.1 Å². The number of nitrogens with zero attached hydrogens (tertiary/aromatic N) is 3. The number of carbonyl (C=O) groups excluding carboxylic acids is 1. The quantitative estimate of drug-likeness (QED) is 0.0165. The average Bonchev–Trinajstić information content (AvgIpc) is 1.55. The molecule has 10 heterocycles. The number of rotatable bonds is 34. The van der Waals surface area contributed by atoms with Gasteiger partial charge in [-0.15, -0.1) is 0 Å². The average molecular weight is 1860 g/mol. The van der Waals surface area contributed by atoms with Crippen molar-refractivity contribution in [3.63, 3.8) is 0 Å². The maximum absolute atomic E-state index is 14.0. The number of aliphatic hydroxyl groups excluding tert-OH is 3. The number of nitrogens with one attached hydrogen (secondary N) is 1. The third-order valence-electron chi connectivity index (χ3n) is 27.5. The molecule has 7 aromatic carbocycles. The van der Waals surface area contributed by atoms with E-state index in [0.717, 1.165) is 66.3 Å². The Morgan fingerprint density at radius 1 is 0.381 bits per heavy atom. The van der Waals surface area contributed by atoms with Crippen LogP contribution in [-0.4, -0.2) is 263 Å². The zero-order valence-electron chi connectivity index (χ0n) is 74.4. The minimum absolute atomic E-state index is 0.00327. The van der Waals surface area contributed by atoms with Crippen LogP contribution in [0.5, 0.6) is 0 Å². The lowest BCUT2D eigenvalue weighted by molar-refractivity contribution is -0.405. The summed E-state index contributed by atoms with van der Waals surface area (Å²) in [5.41, 5.74) is 16.5. The number of hydrogen-bond donors (Lipinski definition) is 4. The highest BCUT2D eigenvalue weighted by Gasteiger charge is 2.69. The Balaban J connectivity index is 0.695. The first-order valence-electron chi connectivity index (χ1n) is 47.1. The zero-order chi connectivity index (χ0) is 90.9. The fourth-order valence-electron chi connectivity index (χ4n) is 20.9. The Labute approximate surface area is 776 Å². The Morgan fingerprint density at radius 2 is 0.821 bits per heavy atom. The molecule has 0 bridgehead atoms. The third-order valence-corrected chi connectivity index (χ3v) is 27.5. The van der Waals surface area contributed by atoms with Crippen LogP contribution in [-0.2, 0) is 168 Å². The summed E-state index contributed by atoms with van der Waals surface area (Å²) in [5, 5.41) is 45.0. The number of fused-ring (bicyclic) bond motifs is 6. The lowest BCUT2D eigenvalue weighted by atomic mass is 9.84. The highest BCUT2D eigenvalue weighted by atomic mass is 16.8. The van der Waals surface area contributed by atoms with Crippen LogP contribution in [0.3, 0.4) is 0 Å². The number of benzene rings is 7. The number of hydrogen-bond acceptors (Lipinski definition) is 31. The largest absolute Gasteiger partial charge is 0.394 e. The molecule has 3 saturated carbocycles. The van der Waals surface area contributed by atoms with Crippen molar-refractivity contribution in [1.82, 2.24) is 5.32 Å². The molecule has 20 rings (SSSR count). The predicted molar refractivity (Wildman–Crippen MR) is 466 cm³/mol. The maximum atomic E-state index is 14.0. The Bertz CT molecular complexity index is 4880. The van der Waals surface area contributed by atoms with Crippen molar-refractivity contribution >= 4 is 5.91 Å². The number of ether oxygens (including phenoxy) is 26. The first-order valence-corrected chi connectivity index (χ1v) is 47.1. The summed E-state index contributed by atoms with van der Waals surface area (Å²) in [5.74, 6) is -2.45. The first kappa shape index (κ1) is 93.8. The lowest BCUT2D eigenvalue weighted by Crippen LogP contribution is -2.69. The van der Waals surface area contributed by atoms with Gasteiger partial charge in [0.15, 0.2) is 55.6 Å². The molecule has 13 fully saturated rings. The van der Waals surface area contributed by atoms with Crippen LogP contribution in [0.15, 0.2) is 217 Å². The van der Waals surface area contributed by atoms with Gasteiger partial charge in [-0.05, 0) is 64.6 Å². The van der Waals surface area contributed by atoms with E-state index in [1.54, 1.807) is 0 Å². The molecule has 0 aromatic heterocycles. The van der Waals surface area contributed by atoms with Gasteiger partial charge in [0.2, 0.25) is 5.91 Å². The van der Waals surface area contributed by atoms with Gasteiger partial charge in [-0.25, -0.2) is 0 Å². The van der Waals surface area contributed by atoms with E-state index >= 15 is 0 Å². The van der Waals surface area contributed by atoms with Crippen LogP contribution in [0, 0.1) is 0 Å². The van der Waals surface area contributed by atoms with Crippen molar-refractivity contribution in [2.24, 2.45) is 5.11 Å². The Hall–Kier alpha value is -7.84. The highest BCUT2D eigenvalue weighted by molar-refractivity contribution is 5.73. The second-order valence-electron chi connectivity index (χ2n) is 36.4. The van der Waals surface area contributed by atoms with Gasteiger partial charge in [0.1, 0.15) is 166 Å². The van der Waals surface area contributed by atoms with Crippen LogP contribution in [0.2, 0.25) is 0 Å². The number of azide groups is 1. The molecular formula is C100H118N4O30. The molecule has 32 atom stereocenters. The topological polar surface area (TPSA) is 379 Å². The van der Waals surface area contributed by atoms with Crippen LogP contribution in [0.1, 0.15) is 116 Å². The molecule has 10 saturated heterocycles. The normalized spacial score (nSPS) is 37.5. The summed E-state index contributed by atoms with van der Waals surface area (Å²) < 4.78 is 182. The molecule has 34 heteroatoms. The SMILES string of the molecule is CC(=O)N[C@H]1[C@H](OC[C@H]2O[C@H](O[C@@H]3[C@@H](OCc4ccccc4)O[C@H](O[C@H]4[C@H](O)[C@@H]5OC6(CCCCC6)O[C@@H]5[C@H]5OC6(CCCCC6)O[C@@H]54)[C@H](N=[N+]=[N-])[C@H]3OCc3ccccc3)[C@@H](OCc3ccccc3)[C@@H](O[C@H]3O[C@H](CO[C@H]4O[C@H](CO)[C@@H]5OCO[C@@H]5[C@H]4OCc4ccccc4)[C@@H]4OCO[C@@H]4[C@H]3O)[C@@H]2OCc2ccccc2)OC2CO[C@@H](c3ccccc3)OC2[C@@H]1OCc1ccccc1. The summed E-state index contributed by atoms with van der Waals surface area (Å²) in [6, 6.07) is 63.7. The van der Waals surface area contributed by atoms with Gasteiger partial charge in [0.25, 0.3) is 0 Å². The molecule has 2 spiro atoms. The van der Waals surface area contributed by atoms with Crippen molar-refractivity contribution in [1.29, 1.82) is 0 Å². The summed E-state index contributed by atoms with van der Waals surface area (Å²) in [4.78, 5) is 17.6. The van der Waals surface area contributed by atoms with E-state index in [9.17, 15) is 25.6 Å². The number of amides is 1. The van der Waals surface area contributed by atoms with E-state index in [-0.39, 0.29) is 66.4 Å². The van der Waals surface area contributed by atoms with E-state index in [1.807, 2.05) is 212 Å². The highest BCUT2D eigenvalue weighted by Crippen LogP contribution is 2.54. The third kappa shape index (κ3) is 21.2. The van der Waals surface area contributed by atoms with Gasteiger partial charge in [0, 0.05) is 43.1 Å². The van der Waals surface area contributed by atoms with Crippen molar-refractivity contribution in [2.75, 3.05) is 40.0 Å². The predicted octanol–water partition coefficient (Wildman–Crippen LogP) is 10.3. The molecule has 2 unspecified atom stereocenters. The standard InChI is InChI=1S/C100H118N4O30/c1-59(106)102-71-79(110-49-61-31-13-3-14-32-61)78-70(56-115-92(126-78)66-41-23-8-24-42-66)123-93(71)116-54-69-77(109-48-60-29-11-2-12-30-60)85(128-95-74(108)81-76(119-57-120-81)68(124-95)55-117-96-89(112-51-63-35-17-5-18-36-63)84-75(118-58-121-84)67(47-105)122-96)90(113-52-64-37-19-6-20-38-64)98(125-69)129-91-80(111-50-62-33-15-4-16-34-62)72(103-104-101)94(130-97(91)114-53-65-39-21-7-22-40-65)127-82-73(107)83-87(133-99(131-83)43-25-9-26-44-99)88-86(82)132-100(134-88)45-27-10-28-46-100/h2-8,11-24,29-42,67-98,105,107-108H,9-10,25-28,43-58H2,1H3,(H,102,106)/t67-,68-,69-,70?,71-,72-,73+,74-,75+,76+,77-,78?,79-,80-,81-,82+,83+,84+,85+,86-,87+,88+,89-,90+,91+,92-,93-,94+,95-,96+,97+,98-/m1/s1. The van der Waals surface area contributed by atoms with Gasteiger partial charge < -0.3 is 144 Å². The minimum Gasteiger partial charge on any atom is -0.394 e. The van der Waals surface area contributed by atoms with Gasteiger partial charge in [-0.2, -0.15) is 0 Å². The molecule has 13 aliphatic rings. The molecule has 10 aliphatic heterocycles. The van der Waals surface area contributed by atoms with Crippen molar-refractivity contribution in [3.8, 4) is 0 Å². The molecule has 3 aliphatic carbocycles. The zero-order valence-corrected chi connectivity index (χ0v) is 74.4. The summed E-state index contributed by atoms with van der Waals surface area (Å²) in [6.07, 6.45) is -28.2. The number of carbonyl (C=O) groups is 1.